The van der Waals surface area contributed by atoms with Crippen LogP contribution in [0, 0.1) is 0 Å². The minimum absolute atomic E-state index is 0.635. The highest BCUT2D eigenvalue weighted by atomic mass is 16.5. The summed E-state index contributed by atoms with van der Waals surface area (Å²) in [5.74, 6) is 1.48. The van der Waals surface area contributed by atoms with Crippen molar-refractivity contribution in [2.45, 2.75) is 38.8 Å². The van der Waals surface area contributed by atoms with Crippen molar-refractivity contribution in [2.24, 2.45) is 0 Å². The Hall–Kier alpha value is -1.81. The molecule has 0 aliphatic carbocycles. The first kappa shape index (κ1) is 14.1. The molecule has 4 heteroatoms. The number of rotatable bonds is 4. The molecule has 2 heterocycles. The minimum Gasteiger partial charge on any atom is -0.497 e. The maximum Gasteiger partial charge on any atom is 0.226 e. The molecule has 1 aliphatic heterocycles. The van der Waals surface area contributed by atoms with E-state index >= 15 is 0 Å². The van der Waals surface area contributed by atoms with Crippen molar-refractivity contribution in [3.05, 3.63) is 36.2 Å². The second-order valence-electron chi connectivity index (χ2n) is 5.69. The Morgan fingerprint density at radius 1 is 1.38 bits per heavy atom. The van der Waals surface area contributed by atoms with Gasteiger partial charge in [0.25, 0.3) is 0 Å². The van der Waals surface area contributed by atoms with Crippen LogP contribution in [0.15, 0.2) is 34.9 Å². The smallest absolute Gasteiger partial charge is 0.226 e. The second-order valence-corrected chi connectivity index (χ2v) is 5.69. The Labute approximate surface area is 125 Å². The number of hydrogen-bond acceptors (Lipinski definition) is 4. The predicted octanol–water partition coefficient (Wildman–Crippen LogP) is 3.72. The lowest BCUT2D eigenvalue weighted by Crippen LogP contribution is -2.36. The monoisotopic (exact) mass is 286 g/mol. The number of methoxy groups -OCH3 is 1. The molecule has 0 N–H and O–H groups in total. The van der Waals surface area contributed by atoms with E-state index in [-0.39, 0.29) is 0 Å². The molecule has 0 spiro atoms. The summed E-state index contributed by atoms with van der Waals surface area (Å²) >= 11 is 0. The number of nitrogens with zero attached hydrogens (tertiary/aromatic N) is 2. The first-order chi connectivity index (χ1) is 10.3. The quantitative estimate of drug-likeness (QED) is 0.858. The van der Waals surface area contributed by atoms with E-state index in [1.54, 1.807) is 13.4 Å². The molecular formula is C17H22N2O2. The van der Waals surface area contributed by atoms with Crippen LogP contribution in [-0.2, 0) is 6.54 Å². The van der Waals surface area contributed by atoms with E-state index in [0.29, 0.717) is 11.9 Å². The molecule has 21 heavy (non-hydrogen) atoms. The van der Waals surface area contributed by atoms with Gasteiger partial charge in [-0.2, -0.15) is 0 Å². The van der Waals surface area contributed by atoms with Crippen molar-refractivity contribution < 1.29 is 9.15 Å². The topological polar surface area (TPSA) is 38.5 Å². The standard InChI is InChI=1S/C17H22N2O2/c1-13-6-3-4-9-19(13)11-15-12-21-17(18-15)14-7-5-8-16(10-14)20-2/h5,7-8,10,12-13H,3-4,6,9,11H2,1-2H3. The molecule has 0 saturated carbocycles. The van der Waals surface area contributed by atoms with Crippen LogP contribution >= 0.6 is 0 Å². The predicted molar refractivity (Wildman–Crippen MR) is 82.2 cm³/mol. The summed E-state index contributed by atoms with van der Waals surface area (Å²) in [5, 5.41) is 0. The summed E-state index contributed by atoms with van der Waals surface area (Å²) in [4.78, 5) is 7.10. The Morgan fingerprint density at radius 3 is 3.10 bits per heavy atom. The number of aromatic nitrogens is 1. The molecule has 1 aromatic carbocycles. The summed E-state index contributed by atoms with van der Waals surface area (Å²) in [6.07, 6.45) is 5.67. The zero-order valence-corrected chi connectivity index (χ0v) is 12.7. The molecule has 1 aliphatic rings. The molecular weight excluding hydrogens is 264 g/mol. The van der Waals surface area contributed by atoms with E-state index in [4.69, 9.17) is 9.15 Å². The maximum atomic E-state index is 5.63. The molecule has 0 radical (unpaired) electrons. The Morgan fingerprint density at radius 2 is 2.29 bits per heavy atom. The van der Waals surface area contributed by atoms with E-state index in [2.05, 4.69) is 16.8 Å². The van der Waals surface area contributed by atoms with Crippen LogP contribution < -0.4 is 4.74 Å². The molecule has 112 valence electrons. The van der Waals surface area contributed by atoms with E-state index < -0.39 is 0 Å². The van der Waals surface area contributed by atoms with Crippen molar-refractivity contribution in [3.8, 4) is 17.2 Å². The van der Waals surface area contributed by atoms with Gasteiger partial charge in [0, 0.05) is 18.2 Å². The fourth-order valence-electron chi connectivity index (χ4n) is 2.87. The van der Waals surface area contributed by atoms with Gasteiger partial charge in [0.2, 0.25) is 5.89 Å². The van der Waals surface area contributed by atoms with Crippen LogP contribution in [0.2, 0.25) is 0 Å². The first-order valence-corrected chi connectivity index (χ1v) is 7.59. The number of likely N-dealkylation sites (tertiary alicyclic amines) is 1. The zero-order valence-electron chi connectivity index (χ0n) is 12.7. The molecule has 0 amide bonds. The summed E-state index contributed by atoms with van der Waals surface area (Å²) in [6, 6.07) is 8.43. The van der Waals surface area contributed by atoms with Crippen molar-refractivity contribution in [2.75, 3.05) is 13.7 Å². The van der Waals surface area contributed by atoms with Crippen molar-refractivity contribution in [3.63, 3.8) is 0 Å². The number of hydrogen-bond donors (Lipinski definition) is 0. The highest BCUT2D eigenvalue weighted by Gasteiger charge is 2.19. The molecule has 1 unspecified atom stereocenters. The van der Waals surface area contributed by atoms with Gasteiger partial charge in [0.1, 0.15) is 12.0 Å². The van der Waals surface area contributed by atoms with Crippen LogP contribution in [0.25, 0.3) is 11.5 Å². The maximum absolute atomic E-state index is 5.63. The Kier molecular flexibility index (Phi) is 4.25. The molecule has 1 atom stereocenters. The normalized spacial score (nSPS) is 19.6. The third-order valence-electron chi connectivity index (χ3n) is 4.17. The highest BCUT2D eigenvalue weighted by Crippen LogP contribution is 2.24. The van der Waals surface area contributed by atoms with Crippen LogP contribution in [-0.4, -0.2) is 29.6 Å². The molecule has 1 saturated heterocycles. The van der Waals surface area contributed by atoms with Gasteiger partial charge in [0.15, 0.2) is 0 Å². The number of benzene rings is 1. The SMILES string of the molecule is COc1cccc(-c2nc(CN3CCCCC3C)co2)c1. The van der Waals surface area contributed by atoms with Gasteiger partial charge >= 0.3 is 0 Å². The van der Waals surface area contributed by atoms with Gasteiger partial charge in [-0.15, -0.1) is 0 Å². The van der Waals surface area contributed by atoms with Gasteiger partial charge in [-0.05, 0) is 44.5 Å². The lowest BCUT2D eigenvalue weighted by Gasteiger charge is -2.32. The third-order valence-corrected chi connectivity index (χ3v) is 4.17. The Bertz CT molecular complexity index is 594. The van der Waals surface area contributed by atoms with Gasteiger partial charge < -0.3 is 9.15 Å². The summed E-state index contributed by atoms with van der Waals surface area (Å²) in [5.41, 5.74) is 1.95. The van der Waals surface area contributed by atoms with Crippen LogP contribution in [0.3, 0.4) is 0 Å². The fraction of sp³-hybridized carbons (Fsp3) is 0.471. The zero-order chi connectivity index (χ0) is 14.7. The average molecular weight is 286 g/mol. The third kappa shape index (κ3) is 3.27. The van der Waals surface area contributed by atoms with E-state index in [9.17, 15) is 0 Å². The van der Waals surface area contributed by atoms with Crippen molar-refractivity contribution in [1.82, 2.24) is 9.88 Å². The molecule has 0 bridgehead atoms. The average Bonchev–Trinajstić information content (AvgIpc) is 2.98. The lowest BCUT2D eigenvalue weighted by atomic mass is 10.0. The van der Waals surface area contributed by atoms with Gasteiger partial charge in [-0.25, -0.2) is 4.98 Å². The molecule has 1 aromatic heterocycles. The fourth-order valence-corrected chi connectivity index (χ4v) is 2.87. The van der Waals surface area contributed by atoms with E-state index in [1.165, 1.54) is 19.3 Å². The van der Waals surface area contributed by atoms with Crippen LogP contribution in [0.4, 0.5) is 0 Å². The molecule has 2 aromatic rings. The van der Waals surface area contributed by atoms with Crippen molar-refractivity contribution in [1.29, 1.82) is 0 Å². The van der Waals surface area contributed by atoms with Gasteiger partial charge in [0.05, 0.1) is 12.8 Å². The van der Waals surface area contributed by atoms with Crippen LogP contribution in [0.5, 0.6) is 5.75 Å². The van der Waals surface area contributed by atoms with E-state index in [1.807, 2.05) is 24.3 Å². The van der Waals surface area contributed by atoms with Gasteiger partial charge in [-0.3, -0.25) is 4.90 Å². The van der Waals surface area contributed by atoms with E-state index in [0.717, 1.165) is 30.1 Å². The number of ether oxygens (including phenoxy) is 1. The summed E-state index contributed by atoms with van der Waals surface area (Å²) in [6.45, 7) is 4.32. The van der Waals surface area contributed by atoms with Crippen molar-refractivity contribution >= 4 is 0 Å². The first-order valence-electron chi connectivity index (χ1n) is 7.59. The summed E-state index contributed by atoms with van der Waals surface area (Å²) < 4.78 is 10.9. The molecule has 3 rings (SSSR count). The van der Waals surface area contributed by atoms with Gasteiger partial charge in [-0.1, -0.05) is 12.5 Å². The number of piperidine rings is 1. The minimum atomic E-state index is 0.635. The second kappa shape index (κ2) is 6.31. The molecule has 4 nitrogen and oxygen atoms in total. The summed E-state index contributed by atoms with van der Waals surface area (Å²) in [7, 11) is 1.66. The number of oxazole rings is 1. The molecule has 1 fully saturated rings. The largest absolute Gasteiger partial charge is 0.497 e. The Balaban J connectivity index is 1.73. The van der Waals surface area contributed by atoms with Crippen LogP contribution in [0.1, 0.15) is 31.9 Å². The highest BCUT2D eigenvalue weighted by molar-refractivity contribution is 5.55. The lowest BCUT2D eigenvalue weighted by molar-refractivity contribution is 0.151.